The summed E-state index contributed by atoms with van der Waals surface area (Å²) in [5, 5.41) is 0. The molecule has 0 saturated carbocycles. The van der Waals surface area contributed by atoms with Gasteiger partial charge in [-0.3, -0.25) is 14.3 Å². The molecule has 1 aliphatic rings. The van der Waals surface area contributed by atoms with Crippen molar-refractivity contribution in [1.82, 2.24) is 4.90 Å². The van der Waals surface area contributed by atoms with Crippen LogP contribution in [0.1, 0.15) is 0 Å². The summed E-state index contributed by atoms with van der Waals surface area (Å²) < 4.78 is 230. The van der Waals surface area contributed by atoms with Crippen molar-refractivity contribution in [2.45, 2.75) is 48.4 Å². The standard InChI is InChI=1S/C13H8F17NO4/c14-6(9(18,19)20,5(32)31-1-3-33-4-2-31)34-13(29,30)8(17,11(24,25)26)35-12(27,28)7(15,16)10(21,22)23/h1-4H2/t6-,8-/m0/s1. The normalized spacial score (nSPS) is 20.9. The van der Waals surface area contributed by atoms with E-state index >= 15 is 0 Å². The number of ether oxygens (including phenoxy) is 3. The van der Waals surface area contributed by atoms with Crippen LogP contribution in [0.2, 0.25) is 0 Å². The first kappa shape index (κ1) is 31.2. The first-order chi connectivity index (χ1) is 15.2. The Morgan fingerprint density at radius 3 is 1.37 bits per heavy atom. The molecule has 35 heavy (non-hydrogen) atoms. The van der Waals surface area contributed by atoms with Gasteiger partial charge in [0, 0.05) is 13.1 Å². The van der Waals surface area contributed by atoms with Gasteiger partial charge in [-0.25, -0.2) is 0 Å². The zero-order valence-electron chi connectivity index (χ0n) is 15.8. The first-order valence-electron chi connectivity index (χ1n) is 8.17. The Balaban J connectivity index is 3.60. The summed E-state index contributed by atoms with van der Waals surface area (Å²) in [5.74, 6) is -25.9. The van der Waals surface area contributed by atoms with E-state index in [1.54, 1.807) is 0 Å². The van der Waals surface area contributed by atoms with Gasteiger partial charge in [0.05, 0.1) is 13.2 Å². The van der Waals surface area contributed by atoms with E-state index in [4.69, 9.17) is 0 Å². The minimum Gasteiger partial charge on any atom is -0.378 e. The molecule has 1 aliphatic heterocycles. The number of hydrogen-bond donors (Lipinski definition) is 0. The molecule has 0 radical (unpaired) electrons. The lowest BCUT2D eigenvalue weighted by molar-refractivity contribution is -0.548. The predicted octanol–water partition coefficient (Wildman–Crippen LogP) is 4.72. The van der Waals surface area contributed by atoms with E-state index < -0.39 is 80.6 Å². The lowest BCUT2D eigenvalue weighted by Gasteiger charge is -2.41. The largest absolute Gasteiger partial charge is 0.462 e. The number of morpholine rings is 1. The number of amides is 1. The van der Waals surface area contributed by atoms with Crippen molar-refractivity contribution in [3.8, 4) is 0 Å². The molecule has 1 saturated heterocycles. The Bertz CT molecular complexity index is 771. The molecule has 0 aromatic carbocycles. The highest BCUT2D eigenvalue weighted by atomic mass is 19.4. The molecule has 208 valence electrons. The Hall–Kier alpha value is -1.84. The van der Waals surface area contributed by atoms with Gasteiger partial charge in [0.2, 0.25) is 0 Å². The lowest BCUT2D eigenvalue weighted by Crippen LogP contribution is -2.69. The van der Waals surface area contributed by atoms with Gasteiger partial charge >= 0.3 is 48.4 Å². The summed E-state index contributed by atoms with van der Waals surface area (Å²) in [7, 11) is 0. The summed E-state index contributed by atoms with van der Waals surface area (Å²) in [6.45, 7) is -3.51. The highest BCUT2D eigenvalue weighted by Gasteiger charge is 2.85. The number of alkyl halides is 17. The molecule has 5 nitrogen and oxygen atoms in total. The van der Waals surface area contributed by atoms with Crippen molar-refractivity contribution < 1.29 is 93.6 Å². The van der Waals surface area contributed by atoms with Gasteiger partial charge in [0.25, 0.3) is 5.91 Å². The van der Waals surface area contributed by atoms with Gasteiger partial charge < -0.3 is 9.64 Å². The third-order valence-electron chi connectivity index (χ3n) is 3.94. The topological polar surface area (TPSA) is 48.0 Å². The smallest absolute Gasteiger partial charge is 0.378 e. The number of nitrogens with zero attached hydrogens (tertiary/aromatic N) is 1. The van der Waals surface area contributed by atoms with Gasteiger partial charge in [-0.15, -0.1) is 0 Å². The summed E-state index contributed by atoms with van der Waals surface area (Å²) in [6, 6.07) is 0. The van der Waals surface area contributed by atoms with Crippen LogP contribution in [0.5, 0.6) is 0 Å². The van der Waals surface area contributed by atoms with Crippen LogP contribution in [0.3, 0.4) is 0 Å². The van der Waals surface area contributed by atoms with Crippen LogP contribution in [0, 0.1) is 0 Å². The molecular formula is C13H8F17NO4. The fraction of sp³-hybridized carbons (Fsp3) is 0.923. The van der Waals surface area contributed by atoms with Gasteiger partial charge in [-0.05, 0) is 0 Å². The van der Waals surface area contributed by atoms with Gasteiger partial charge in [-0.1, -0.05) is 0 Å². The molecule has 1 rings (SSSR count). The quantitative estimate of drug-likeness (QED) is 0.420. The number of halogens is 17. The summed E-state index contributed by atoms with van der Waals surface area (Å²) in [4.78, 5) is 11.4. The van der Waals surface area contributed by atoms with E-state index in [0.29, 0.717) is 0 Å². The maximum atomic E-state index is 14.4. The Morgan fingerprint density at radius 1 is 0.600 bits per heavy atom. The monoisotopic (exact) mass is 565 g/mol. The average Bonchev–Trinajstić information content (AvgIpc) is 2.64. The Labute approximate surface area is 180 Å². The van der Waals surface area contributed by atoms with Gasteiger partial charge in [0.1, 0.15) is 0 Å². The fourth-order valence-electron chi connectivity index (χ4n) is 2.12. The maximum Gasteiger partial charge on any atom is 0.462 e. The first-order valence-corrected chi connectivity index (χ1v) is 8.17. The molecule has 0 N–H and O–H groups in total. The molecule has 1 amide bonds. The highest BCUT2D eigenvalue weighted by Crippen LogP contribution is 2.56. The highest BCUT2D eigenvalue weighted by molar-refractivity contribution is 5.84. The lowest BCUT2D eigenvalue weighted by atomic mass is 10.2. The second kappa shape index (κ2) is 8.92. The molecule has 1 heterocycles. The van der Waals surface area contributed by atoms with E-state index in [0.717, 1.165) is 0 Å². The van der Waals surface area contributed by atoms with Crippen molar-refractivity contribution in [3.05, 3.63) is 0 Å². The van der Waals surface area contributed by atoms with E-state index in [1.165, 1.54) is 4.74 Å². The number of hydrogen-bond acceptors (Lipinski definition) is 4. The van der Waals surface area contributed by atoms with Crippen LogP contribution in [-0.4, -0.2) is 85.5 Å². The average molecular weight is 565 g/mol. The summed E-state index contributed by atoms with van der Waals surface area (Å²) in [6.07, 6.45) is -38.4. The Kier molecular flexibility index (Phi) is 7.95. The van der Waals surface area contributed by atoms with Crippen molar-refractivity contribution in [1.29, 1.82) is 0 Å². The van der Waals surface area contributed by atoms with Crippen LogP contribution in [0.4, 0.5) is 74.6 Å². The minimum atomic E-state index is -8.02. The van der Waals surface area contributed by atoms with Crippen LogP contribution in [0.15, 0.2) is 0 Å². The van der Waals surface area contributed by atoms with Crippen LogP contribution < -0.4 is 0 Å². The van der Waals surface area contributed by atoms with E-state index in [1.807, 2.05) is 4.74 Å². The van der Waals surface area contributed by atoms with Crippen molar-refractivity contribution in [3.63, 3.8) is 0 Å². The minimum absolute atomic E-state index is 0.353. The predicted molar refractivity (Wildman–Crippen MR) is 70.3 cm³/mol. The second-order valence-corrected chi connectivity index (χ2v) is 6.40. The zero-order chi connectivity index (χ0) is 28.1. The summed E-state index contributed by atoms with van der Waals surface area (Å²) >= 11 is 0. The molecule has 0 bridgehead atoms. The summed E-state index contributed by atoms with van der Waals surface area (Å²) in [5.41, 5.74) is 0. The molecule has 0 spiro atoms. The van der Waals surface area contributed by atoms with E-state index in [-0.39, 0.29) is 4.90 Å². The van der Waals surface area contributed by atoms with Crippen LogP contribution >= 0.6 is 0 Å². The molecule has 2 atom stereocenters. The number of carbonyl (C=O) groups is 1. The van der Waals surface area contributed by atoms with Crippen molar-refractivity contribution >= 4 is 5.91 Å². The second-order valence-electron chi connectivity index (χ2n) is 6.40. The number of carbonyl (C=O) groups excluding carboxylic acids is 1. The number of rotatable bonds is 7. The third-order valence-corrected chi connectivity index (χ3v) is 3.94. The molecule has 0 aliphatic carbocycles. The SMILES string of the molecule is O=C(N1CCOCC1)[C@](F)(OC(F)(F)[C@@](F)(OC(F)(F)C(F)(F)C(F)(F)F)C(F)(F)F)C(F)(F)F. The van der Waals surface area contributed by atoms with Gasteiger partial charge in [-0.2, -0.15) is 74.6 Å². The fourth-order valence-corrected chi connectivity index (χ4v) is 2.12. The van der Waals surface area contributed by atoms with Gasteiger partial charge in [0.15, 0.2) is 0 Å². The molecule has 1 fully saturated rings. The van der Waals surface area contributed by atoms with Crippen LogP contribution in [0.25, 0.3) is 0 Å². The van der Waals surface area contributed by atoms with Crippen LogP contribution in [-0.2, 0) is 19.0 Å². The van der Waals surface area contributed by atoms with Crippen molar-refractivity contribution in [2.75, 3.05) is 26.3 Å². The molecule has 0 unspecified atom stereocenters. The Morgan fingerprint density at radius 2 is 1.03 bits per heavy atom. The molecule has 0 aromatic heterocycles. The third kappa shape index (κ3) is 5.47. The van der Waals surface area contributed by atoms with Crippen molar-refractivity contribution in [2.24, 2.45) is 0 Å². The maximum absolute atomic E-state index is 14.4. The molecular weight excluding hydrogens is 557 g/mol. The van der Waals surface area contributed by atoms with E-state index in [2.05, 4.69) is 4.74 Å². The zero-order valence-corrected chi connectivity index (χ0v) is 15.8. The molecule has 22 heteroatoms. The molecule has 0 aromatic rings. The van der Waals surface area contributed by atoms with E-state index in [9.17, 15) is 79.4 Å².